The molecule has 626 valence electrons. The van der Waals surface area contributed by atoms with Crippen molar-refractivity contribution in [3.8, 4) is 0 Å². The minimum atomic E-state index is -2.29. The number of carboxylic acids is 1. The van der Waals surface area contributed by atoms with Gasteiger partial charge in [0, 0.05) is 80.8 Å². The predicted octanol–water partition coefficient (Wildman–Crippen LogP) is 4.17. The van der Waals surface area contributed by atoms with Crippen LogP contribution in [0.3, 0.4) is 0 Å². The van der Waals surface area contributed by atoms with Crippen molar-refractivity contribution in [3.63, 3.8) is 0 Å². The summed E-state index contributed by atoms with van der Waals surface area (Å²) < 4.78 is 56.4. The van der Waals surface area contributed by atoms with E-state index in [1.807, 2.05) is 57.7 Å². The van der Waals surface area contributed by atoms with Gasteiger partial charge < -0.3 is 95.4 Å². The minimum absolute atomic E-state index is 0.00809. The van der Waals surface area contributed by atoms with Gasteiger partial charge in [0.15, 0.2) is 29.6 Å². The Balaban J connectivity index is 0.996. The number of amides is 5. The van der Waals surface area contributed by atoms with E-state index in [9.17, 15) is 74.4 Å². The molecule has 13 N–H and O–H groups in total. The van der Waals surface area contributed by atoms with Gasteiger partial charge in [0.1, 0.15) is 48.4 Å². The number of aliphatic hydroxyl groups is 7. The molecule has 2 saturated carbocycles. The smallest absolute Gasteiger partial charge is 0.325 e. The Morgan fingerprint density at radius 3 is 2.15 bits per heavy atom. The molecule has 4 aliphatic carbocycles. The van der Waals surface area contributed by atoms with Crippen LogP contribution in [0.4, 0.5) is 9.18 Å². The number of urea groups is 1. The van der Waals surface area contributed by atoms with Gasteiger partial charge in [0.25, 0.3) is 5.91 Å². The number of ether oxygens (including phenoxy) is 6. The number of nitrogens with one attached hydrogen (secondary N) is 5. The number of allylic oxidation sites excluding steroid dienone is 4. The maximum Gasteiger partial charge on any atom is 0.325 e. The second kappa shape index (κ2) is 36.5. The van der Waals surface area contributed by atoms with Crippen molar-refractivity contribution in [2.45, 2.75) is 294 Å². The Bertz CT molecular complexity index is 3510. The molecule has 5 amide bonds. The maximum atomic E-state index is 17.9. The number of halogens is 1. The fourth-order valence-corrected chi connectivity index (χ4v) is 19.5. The summed E-state index contributed by atoms with van der Waals surface area (Å²) in [7, 11) is 5.14. The number of imide groups is 1. The molecule has 0 bridgehead atoms. The van der Waals surface area contributed by atoms with Crippen molar-refractivity contribution in [1.29, 1.82) is 0 Å². The third-order valence-electron chi connectivity index (χ3n) is 25.8. The number of ketones is 1. The minimum Gasteiger partial charge on any atom is -0.480 e. The summed E-state index contributed by atoms with van der Waals surface area (Å²) in [6, 6.07) is 3.97. The van der Waals surface area contributed by atoms with Crippen molar-refractivity contribution in [3.05, 3.63) is 59.7 Å². The number of aliphatic hydroxyl groups excluding tert-OH is 4. The molecule has 111 heavy (non-hydrogen) atoms. The number of hydrogen-bond donors (Lipinski definition) is 13. The van der Waals surface area contributed by atoms with E-state index in [1.165, 1.54) is 26.2 Å². The Hall–Kier alpha value is -5.97. The highest BCUT2D eigenvalue weighted by molar-refractivity contribution is 6.01. The zero-order chi connectivity index (χ0) is 82.6. The Kier molecular flexibility index (Phi) is 29.7. The SMILES string of the molecule is CCC1OC(=O)C(C)C(OC2CC(C)(OC)C(O)C(C)O2)C(C)C(OC2OC(C)CC(N(C)C)C2O)C(C)(O)CC(C)CN(CCCNC(=NCC(=O)O)C(CC(C)C)NC(=O)C(Cc2ccccc2)NC(=O)CNC(=O)NC(=O)[C@@]2(O)[C@H](C)CC3C4CC=C5CC(=O)C=C[C@]5(C)[C@@]4(F)[C@@H](O)C[C@@]32C)C(C)C(O)C1(C)O. The van der Waals surface area contributed by atoms with Crippen LogP contribution in [0.5, 0.6) is 0 Å². The Labute approximate surface area is 653 Å². The zero-order valence-corrected chi connectivity index (χ0v) is 68.2. The summed E-state index contributed by atoms with van der Waals surface area (Å²) in [4.78, 5) is 105. The van der Waals surface area contributed by atoms with E-state index in [-0.39, 0.29) is 101 Å². The van der Waals surface area contributed by atoms with E-state index in [0.29, 0.717) is 17.6 Å². The Morgan fingerprint density at radius 2 is 1.52 bits per heavy atom. The number of methoxy groups -OCH3 is 1. The Morgan fingerprint density at radius 1 is 0.847 bits per heavy atom. The average molecular weight is 1570 g/mol. The highest BCUT2D eigenvalue weighted by Gasteiger charge is 2.76. The summed E-state index contributed by atoms with van der Waals surface area (Å²) in [5, 5.41) is 110. The lowest BCUT2D eigenvalue weighted by molar-refractivity contribution is -0.318. The van der Waals surface area contributed by atoms with Crippen molar-refractivity contribution in [1.82, 2.24) is 36.4 Å². The zero-order valence-electron chi connectivity index (χ0n) is 68.2. The number of cyclic esters (lactones) is 1. The third-order valence-corrected chi connectivity index (χ3v) is 25.8. The molecule has 3 saturated heterocycles. The van der Waals surface area contributed by atoms with Gasteiger partial charge in [-0.3, -0.25) is 44.0 Å². The van der Waals surface area contributed by atoms with Crippen LogP contribution >= 0.6 is 0 Å². The summed E-state index contributed by atoms with van der Waals surface area (Å²) in [6.07, 6.45) is -7.15. The number of aliphatic carboxylic acids is 1. The molecular formula is C81H129FN8O21. The first-order valence-electron chi connectivity index (χ1n) is 39.7. The number of carboxylic acid groups (broad SMARTS) is 1. The highest BCUT2D eigenvalue weighted by Crippen LogP contribution is 2.70. The van der Waals surface area contributed by atoms with Gasteiger partial charge in [-0.2, -0.15) is 0 Å². The normalized spacial score (nSPS) is 40.5. The quantitative estimate of drug-likeness (QED) is 0.0227. The molecule has 0 radical (unpaired) electrons. The number of hydrogen-bond acceptors (Lipinski definition) is 23. The molecule has 5 fully saturated rings. The number of aliphatic imine (C=N–C) groups is 1. The molecule has 0 spiro atoms. The van der Waals surface area contributed by atoms with Crippen LogP contribution < -0.4 is 26.6 Å². The number of carbonyl (C=O) groups excluding carboxylic acids is 6. The van der Waals surface area contributed by atoms with Gasteiger partial charge in [0.05, 0.1) is 60.2 Å². The predicted molar refractivity (Wildman–Crippen MR) is 409 cm³/mol. The lowest BCUT2D eigenvalue weighted by Crippen LogP contribution is -2.70. The monoisotopic (exact) mass is 1570 g/mol. The number of fused-ring (bicyclic) bond motifs is 5. The van der Waals surface area contributed by atoms with E-state index in [0.717, 1.165) is 0 Å². The summed E-state index contributed by atoms with van der Waals surface area (Å²) in [5.74, 6) is -9.90. The molecule has 30 heteroatoms. The van der Waals surface area contributed by atoms with E-state index in [4.69, 9.17) is 28.4 Å². The van der Waals surface area contributed by atoms with Crippen LogP contribution in [0.15, 0.2) is 59.1 Å². The molecule has 28 atom stereocenters. The molecule has 7 aliphatic rings. The van der Waals surface area contributed by atoms with Gasteiger partial charge in [-0.05, 0) is 156 Å². The van der Waals surface area contributed by atoms with Crippen LogP contribution in [-0.2, 0) is 63.6 Å². The van der Waals surface area contributed by atoms with Gasteiger partial charge >= 0.3 is 18.0 Å². The molecule has 1 aromatic rings. The van der Waals surface area contributed by atoms with Gasteiger partial charge in [0.2, 0.25) is 11.8 Å². The summed E-state index contributed by atoms with van der Waals surface area (Å²) in [6.45, 7) is 24.6. The fraction of sp³-hybridized carbons (Fsp3) is 0.778. The number of amidine groups is 1. The number of carbonyl (C=O) groups is 7. The second-order valence-electron chi connectivity index (χ2n) is 34.9. The molecule has 0 aromatic heterocycles. The maximum absolute atomic E-state index is 17.9. The first kappa shape index (κ1) is 90.6. The molecule has 3 aliphatic heterocycles. The lowest BCUT2D eigenvalue weighted by atomic mass is 9.45. The van der Waals surface area contributed by atoms with E-state index < -0.39 is 215 Å². The van der Waals surface area contributed by atoms with Crippen LogP contribution in [0, 0.1) is 52.3 Å². The van der Waals surface area contributed by atoms with Gasteiger partial charge in [-0.15, -0.1) is 0 Å². The van der Waals surface area contributed by atoms with E-state index >= 15 is 4.39 Å². The number of benzene rings is 1. The first-order chi connectivity index (χ1) is 51.7. The summed E-state index contributed by atoms with van der Waals surface area (Å²) >= 11 is 0. The molecule has 22 unspecified atom stereocenters. The van der Waals surface area contributed by atoms with Crippen LogP contribution in [0.2, 0.25) is 0 Å². The average Bonchev–Trinajstić information content (AvgIpc) is 1.62. The molecule has 8 rings (SSSR count). The van der Waals surface area contributed by atoms with Crippen LogP contribution in [-0.4, -0.2) is 272 Å². The number of nitrogens with zero attached hydrogens (tertiary/aromatic N) is 3. The number of rotatable bonds is 24. The lowest BCUT2D eigenvalue weighted by Gasteiger charge is -2.61. The topological polar surface area (TPSA) is 416 Å². The van der Waals surface area contributed by atoms with E-state index in [2.05, 4.69) is 31.6 Å². The number of likely N-dealkylation sites (N-methyl/N-ethyl adjacent to an activating group) is 1. The highest BCUT2D eigenvalue weighted by atomic mass is 19.1. The van der Waals surface area contributed by atoms with Gasteiger partial charge in [-0.25, -0.2) is 9.18 Å². The molecule has 1 aromatic carbocycles. The standard InChI is InChI=1S/C81H129FN8O21/c1-19-60-79(15,104)66(97)49(9)90(42-44(4)37-77(13,103)68(111-72-64(96)58(89(16)17)34-46(6)107-72)47(7)65(48(8)71(100)109-60)110-63-39-78(14,106-18)67(98)50(10)108-63)31-23-30-83-69(84-41-62(94)95)56(32-43(2)3)87-70(99)57(35-51-24-21-20-22-25-51)86-61(93)40-85-74(102)88-73(101)81(105)45(5)33-55-54-27-26-52-36-53(91)28-29-75(52,11)80(54,82)59(92)38-76(55,81)12/h20-22,24-26,28-29,43-50,54-60,63-68,72,92,96-98,103-105H,19,23,27,30-42H2,1-18H3,(H,83,84)(H,86,93)(H,87,99)(H,94,95)(H2,85,88,101,102)/t44?,45-,46?,47?,48?,49?,50?,54?,55?,56?,57?,58?,59+,60?,63?,64?,65?,66?,67?,68?,72?,75+,76+,77?,78?,79?,80+,81+/m1/s1. The van der Waals surface area contributed by atoms with Crippen molar-refractivity contribution in [2.75, 3.05) is 53.9 Å². The van der Waals surface area contributed by atoms with Crippen molar-refractivity contribution >= 4 is 47.3 Å². The van der Waals surface area contributed by atoms with Crippen molar-refractivity contribution < 1.29 is 107 Å². The van der Waals surface area contributed by atoms with Crippen LogP contribution in [0.25, 0.3) is 0 Å². The van der Waals surface area contributed by atoms with Gasteiger partial charge in [-0.1, -0.05) is 96.5 Å². The largest absolute Gasteiger partial charge is 0.480 e. The molecule has 29 nitrogen and oxygen atoms in total. The second-order valence-corrected chi connectivity index (χ2v) is 34.9. The molecule has 3 heterocycles. The third kappa shape index (κ3) is 19.4. The molecular weight excluding hydrogens is 1440 g/mol. The fourth-order valence-electron chi connectivity index (χ4n) is 19.5. The number of alkyl halides is 1. The first-order valence-corrected chi connectivity index (χ1v) is 39.7. The number of esters is 1. The van der Waals surface area contributed by atoms with Crippen LogP contribution in [0.1, 0.15) is 174 Å². The van der Waals surface area contributed by atoms with E-state index in [1.54, 1.807) is 99.6 Å². The van der Waals surface area contributed by atoms with Crippen molar-refractivity contribution in [2.24, 2.45) is 57.2 Å². The summed E-state index contributed by atoms with van der Waals surface area (Å²) in [5.41, 5.74) is -11.1.